The lowest BCUT2D eigenvalue weighted by molar-refractivity contribution is -0.113. The third kappa shape index (κ3) is 3.60. The van der Waals surface area contributed by atoms with Crippen LogP contribution < -0.4 is 9.64 Å². The summed E-state index contributed by atoms with van der Waals surface area (Å²) in [6, 6.07) is 8.45. The number of carbonyl (C=O) groups is 2. The lowest BCUT2D eigenvalue weighted by Crippen LogP contribution is -2.27. The van der Waals surface area contributed by atoms with Gasteiger partial charge in [0.1, 0.15) is 11.3 Å². The van der Waals surface area contributed by atoms with E-state index in [1.165, 1.54) is 36.3 Å². The number of rotatable bonds is 4. The monoisotopic (exact) mass is 403 g/mol. The largest absolute Gasteiger partial charge is 0.507 e. The zero-order chi connectivity index (χ0) is 19.7. The summed E-state index contributed by atoms with van der Waals surface area (Å²) >= 11 is 6.32. The number of anilines is 1. The molecule has 3 N–H and O–H groups in total. The molecule has 0 unspecified atom stereocenters. The van der Waals surface area contributed by atoms with Crippen LogP contribution in [-0.4, -0.2) is 38.6 Å². The minimum Gasteiger partial charge on any atom is -0.507 e. The second kappa shape index (κ2) is 7.29. The molecule has 1 amide bonds. The number of carbonyl (C=O) groups excluding carboxylic acids is 1. The number of hydrogen-bond acceptors (Lipinski definition) is 7. The highest BCUT2D eigenvalue weighted by Gasteiger charge is 2.34. The number of carboxylic acid groups (broad SMARTS) is 1. The molecule has 2 aromatic carbocycles. The van der Waals surface area contributed by atoms with E-state index in [9.17, 15) is 19.8 Å². The molecule has 1 aliphatic rings. The van der Waals surface area contributed by atoms with Gasteiger partial charge >= 0.3 is 5.97 Å². The van der Waals surface area contributed by atoms with Crippen molar-refractivity contribution in [2.75, 3.05) is 12.0 Å². The van der Waals surface area contributed by atoms with Crippen molar-refractivity contribution in [3.63, 3.8) is 0 Å². The van der Waals surface area contributed by atoms with Crippen LogP contribution in [0.5, 0.6) is 17.2 Å². The molecule has 0 aliphatic carbocycles. The molecule has 1 heterocycles. The topological polar surface area (TPSA) is 107 Å². The maximum absolute atomic E-state index is 12.8. The third-order valence-corrected chi connectivity index (χ3v) is 5.07. The van der Waals surface area contributed by atoms with Crippen LogP contribution in [0.4, 0.5) is 5.69 Å². The molecule has 0 atom stereocenters. The van der Waals surface area contributed by atoms with E-state index in [0.717, 1.165) is 11.8 Å². The predicted molar refractivity (Wildman–Crippen MR) is 105 cm³/mol. The lowest BCUT2D eigenvalue weighted by Gasteiger charge is -2.15. The highest BCUT2D eigenvalue weighted by Crippen LogP contribution is 2.38. The van der Waals surface area contributed by atoms with Crippen molar-refractivity contribution in [2.45, 2.75) is 0 Å². The second-order valence-corrected chi connectivity index (χ2v) is 7.13. The van der Waals surface area contributed by atoms with Gasteiger partial charge < -0.3 is 20.1 Å². The van der Waals surface area contributed by atoms with Gasteiger partial charge in [-0.15, -0.1) is 0 Å². The first-order valence-corrected chi connectivity index (χ1v) is 8.75. The molecule has 138 valence electrons. The Morgan fingerprint density at radius 3 is 2.56 bits per heavy atom. The minimum absolute atomic E-state index is 0.0208. The van der Waals surface area contributed by atoms with Crippen LogP contribution >= 0.6 is 24.0 Å². The molecular weight excluding hydrogens is 390 g/mol. The van der Waals surface area contributed by atoms with Gasteiger partial charge in [0, 0.05) is 0 Å². The molecule has 7 nitrogen and oxygen atoms in total. The van der Waals surface area contributed by atoms with Crippen molar-refractivity contribution in [1.82, 2.24) is 0 Å². The molecule has 0 bridgehead atoms. The summed E-state index contributed by atoms with van der Waals surface area (Å²) in [5.41, 5.74) is 0.551. The fourth-order valence-electron chi connectivity index (χ4n) is 2.46. The number of nitrogens with zero attached hydrogens (tertiary/aromatic N) is 1. The predicted octanol–water partition coefficient (Wildman–Crippen LogP) is 3.21. The Balaban J connectivity index is 1.96. The quantitative estimate of drug-likeness (QED) is 0.528. The van der Waals surface area contributed by atoms with Crippen molar-refractivity contribution < 1.29 is 29.6 Å². The summed E-state index contributed by atoms with van der Waals surface area (Å²) in [7, 11) is 1.42. The van der Waals surface area contributed by atoms with E-state index in [0.29, 0.717) is 10.5 Å². The summed E-state index contributed by atoms with van der Waals surface area (Å²) in [5.74, 6) is -1.88. The third-order valence-electron chi connectivity index (χ3n) is 3.76. The molecule has 27 heavy (non-hydrogen) atoms. The van der Waals surface area contributed by atoms with Gasteiger partial charge in [0.25, 0.3) is 5.91 Å². The van der Waals surface area contributed by atoms with Crippen LogP contribution in [0.2, 0.25) is 0 Å². The second-order valence-electron chi connectivity index (χ2n) is 5.46. The smallest absolute Gasteiger partial charge is 0.339 e. The number of benzene rings is 2. The molecule has 0 aromatic heterocycles. The number of phenolic OH excluding ortho intramolecular Hbond substituents is 1. The average Bonchev–Trinajstić information content (AvgIpc) is 2.90. The number of aromatic hydroxyl groups is 2. The van der Waals surface area contributed by atoms with Gasteiger partial charge in [0.2, 0.25) is 0 Å². The molecule has 9 heteroatoms. The Bertz CT molecular complexity index is 1000. The standard InChI is InChI=1S/C18H13NO6S2/c1-25-14-6-9(2-4-13(14)21)7-15-16(22)19(18(26)27-15)10-3-5-12(20)11(8-10)17(23)24/h2-8,20-21H,1H3,(H,23,24)/b15-7-. The minimum atomic E-state index is -1.31. The highest BCUT2D eigenvalue weighted by atomic mass is 32.2. The van der Waals surface area contributed by atoms with E-state index in [1.807, 2.05) is 0 Å². The molecule has 1 aliphatic heterocycles. The first kappa shape index (κ1) is 18.7. The van der Waals surface area contributed by atoms with Crippen molar-refractivity contribution in [2.24, 2.45) is 0 Å². The van der Waals surface area contributed by atoms with Gasteiger partial charge in [0.15, 0.2) is 15.8 Å². The summed E-state index contributed by atoms with van der Waals surface area (Å²) < 4.78 is 5.28. The van der Waals surface area contributed by atoms with Gasteiger partial charge in [-0.2, -0.15) is 0 Å². The van der Waals surface area contributed by atoms with Crippen molar-refractivity contribution in [1.29, 1.82) is 0 Å². The molecule has 0 saturated carbocycles. The number of methoxy groups -OCH3 is 1. The normalized spacial score (nSPS) is 15.4. The van der Waals surface area contributed by atoms with Crippen LogP contribution in [0.15, 0.2) is 41.3 Å². The molecule has 2 aromatic rings. The van der Waals surface area contributed by atoms with Crippen LogP contribution in [0.1, 0.15) is 15.9 Å². The molecule has 1 saturated heterocycles. The Morgan fingerprint density at radius 2 is 1.89 bits per heavy atom. The van der Waals surface area contributed by atoms with Crippen molar-refractivity contribution >= 4 is 51.9 Å². The van der Waals surface area contributed by atoms with E-state index in [1.54, 1.807) is 18.2 Å². The summed E-state index contributed by atoms with van der Waals surface area (Å²) in [6.45, 7) is 0. The number of thioether (sulfide) groups is 1. The number of carboxylic acids is 1. The molecule has 0 spiro atoms. The lowest BCUT2D eigenvalue weighted by atomic mass is 10.1. The highest BCUT2D eigenvalue weighted by molar-refractivity contribution is 8.27. The van der Waals surface area contributed by atoms with Crippen molar-refractivity contribution in [3.05, 3.63) is 52.4 Å². The van der Waals surface area contributed by atoms with Gasteiger partial charge in [0.05, 0.1) is 17.7 Å². The molecule has 3 rings (SSSR count). The van der Waals surface area contributed by atoms with E-state index >= 15 is 0 Å². The van der Waals surface area contributed by atoms with E-state index in [2.05, 4.69) is 0 Å². The van der Waals surface area contributed by atoms with Gasteiger partial charge in [-0.05, 0) is 42.0 Å². The van der Waals surface area contributed by atoms with Gasteiger partial charge in [-0.1, -0.05) is 30.0 Å². The summed E-state index contributed by atoms with van der Waals surface area (Å²) in [5, 5.41) is 28.4. The van der Waals surface area contributed by atoms with Crippen LogP contribution in [-0.2, 0) is 4.79 Å². The number of hydrogen-bond donors (Lipinski definition) is 3. The Hall–Kier alpha value is -3.04. The number of thiocarbonyl (C=S) groups is 1. The maximum Gasteiger partial charge on any atom is 0.339 e. The van der Waals surface area contributed by atoms with Gasteiger partial charge in [-0.25, -0.2) is 4.79 Å². The fourth-order valence-corrected chi connectivity index (χ4v) is 3.76. The SMILES string of the molecule is COc1cc(/C=C2\SC(=S)N(c3ccc(O)c(C(=O)O)c3)C2=O)ccc1O. The fraction of sp³-hybridized carbons (Fsp3) is 0.0556. The van der Waals surface area contributed by atoms with E-state index in [4.69, 9.17) is 22.1 Å². The van der Waals surface area contributed by atoms with Crippen LogP contribution in [0, 0.1) is 0 Å². The number of aromatic carboxylic acids is 1. The van der Waals surface area contributed by atoms with Crippen LogP contribution in [0.3, 0.4) is 0 Å². The van der Waals surface area contributed by atoms with Crippen molar-refractivity contribution in [3.8, 4) is 17.2 Å². The maximum atomic E-state index is 12.8. The first-order chi connectivity index (χ1) is 12.8. The van der Waals surface area contributed by atoms with E-state index in [-0.39, 0.29) is 27.1 Å². The number of amides is 1. The Morgan fingerprint density at radius 1 is 1.19 bits per heavy atom. The molecular formula is C18H13NO6S2. The number of phenols is 2. The first-order valence-electron chi connectivity index (χ1n) is 7.53. The van der Waals surface area contributed by atoms with Crippen LogP contribution in [0.25, 0.3) is 6.08 Å². The summed E-state index contributed by atoms with van der Waals surface area (Å²) in [4.78, 5) is 25.5. The molecule has 1 fully saturated rings. The van der Waals surface area contributed by atoms with E-state index < -0.39 is 17.6 Å². The van der Waals surface area contributed by atoms with Gasteiger partial charge in [-0.3, -0.25) is 9.69 Å². The Kier molecular flexibility index (Phi) is 5.06. The number of ether oxygens (including phenoxy) is 1. The zero-order valence-electron chi connectivity index (χ0n) is 13.9. The zero-order valence-corrected chi connectivity index (χ0v) is 15.5. The molecule has 0 radical (unpaired) electrons. The average molecular weight is 403 g/mol. The Labute approximate surface area is 163 Å². The summed E-state index contributed by atoms with van der Waals surface area (Å²) in [6.07, 6.45) is 1.60.